The second kappa shape index (κ2) is 10.9. The Bertz CT molecular complexity index is 688. The van der Waals surface area contributed by atoms with Crippen LogP contribution < -0.4 is 10.6 Å². The van der Waals surface area contributed by atoms with Gasteiger partial charge in [0.25, 0.3) is 0 Å². The van der Waals surface area contributed by atoms with Crippen LogP contribution in [0.4, 0.5) is 0 Å². The highest BCUT2D eigenvalue weighted by molar-refractivity contribution is 5.81. The molecule has 0 aliphatic rings. The average molecular weight is 353 g/mol. The van der Waals surface area contributed by atoms with Crippen LogP contribution in [-0.2, 0) is 17.9 Å². The van der Waals surface area contributed by atoms with Crippen molar-refractivity contribution >= 4 is 11.9 Å². The van der Waals surface area contributed by atoms with Crippen molar-refractivity contribution in [3.8, 4) is 0 Å². The number of amides is 1. The van der Waals surface area contributed by atoms with Crippen molar-refractivity contribution in [1.29, 1.82) is 0 Å². The number of pyridine rings is 1. The van der Waals surface area contributed by atoms with Gasteiger partial charge in [0.05, 0.1) is 12.2 Å². The molecular formula is C20H27N5O. The van der Waals surface area contributed by atoms with Crippen LogP contribution in [0, 0.1) is 0 Å². The minimum Gasteiger partial charge on any atom is -0.357 e. The second-order valence-electron chi connectivity index (χ2n) is 5.93. The van der Waals surface area contributed by atoms with E-state index in [0.717, 1.165) is 17.8 Å². The van der Waals surface area contributed by atoms with Gasteiger partial charge in [-0.3, -0.25) is 9.78 Å². The monoisotopic (exact) mass is 353 g/mol. The number of nitrogens with one attached hydrogen (secondary N) is 2. The Hall–Kier alpha value is -2.89. The third kappa shape index (κ3) is 6.93. The van der Waals surface area contributed by atoms with E-state index in [-0.39, 0.29) is 5.91 Å². The molecule has 26 heavy (non-hydrogen) atoms. The smallest absolute Gasteiger partial charge is 0.224 e. The highest BCUT2D eigenvalue weighted by atomic mass is 16.2. The number of carbonyl (C=O) groups excluding carboxylic acids is 1. The number of aliphatic imine (C=N–C) groups is 1. The number of aromatic nitrogens is 1. The molecule has 2 rings (SSSR count). The molecule has 0 atom stereocenters. The van der Waals surface area contributed by atoms with Gasteiger partial charge in [0.2, 0.25) is 5.91 Å². The summed E-state index contributed by atoms with van der Waals surface area (Å²) in [6, 6.07) is 15.8. The largest absolute Gasteiger partial charge is 0.357 e. The quantitative estimate of drug-likeness (QED) is 0.564. The molecule has 1 aromatic carbocycles. The van der Waals surface area contributed by atoms with Gasteiger partial charge < -0.3 is 15.5 Å². The van der Waals surface area contributed by atoms with E-state index in [1.165, 1.54) is 0 Å². The third-order valence-electron chi connectivity index (χ3n) is 3.79. The van der Waals surface area contributed by atoms with E-state index >= 15 is 0 Å². The van der Waals surface area contributed by atoms with E-state index in [0.29, 0.717) is 32.0 Å². The molecule has 6 heteroatoms. The normalized spacial score (nSPS) is 11.1. The topological polar surface area (TPSA) is 69.6 Å². The van der Waals surface area contributed by atoms with Crippen molar-refractivity contribution in [3.63, 3.8) is 0 Å². The number of nitrogens with zero attached hydrogens (tertiary/aromatic N) is 3. The number of hydrogen-bond donors (Lipinski definition) is 2. The predicted octanol–water partition coefficient (Wildman–Crippen LogP) is 2.19. The number of rotatable bonds is 8. The Kier molecular flexibility index (Phi) is 8.12. The van der Waals surface area contributed by atoms with E-state index in [1.807, 2.05) is 62.5 Å². The van der Waals surface area contributed by atoms with Gasteiger partial charge in [0, 0.05) is 39.3 Å². The predicted molar refractivity (Wildman–Crippen MR) is 105 cm³/mol. The van der Waals surface area contributed by atoms with Gasteiger partial charge in [-0.15, -0.1) is 0 Å². The van der Waals surface area contributed by atoms with Crippen molar-refractivity contribution in [3.05, 3.63) is 66.0 Å². The summed E-state index contributed by atoms with van der Waals surface area (Å²) in [5.74, 6) is 0.790. The molecule has 0 radical (unpaired) electrons. The molecule has 6 nitrogen and oxygen atoms in total. The lowest BCUT2D eigenvalue weighted by atomic mass is 10.2. The maximum Gasteiger partial charge on any atom is 0.224 e. The van der Waals surface area contributed by atoms with Crippen molar-refractivity contribution in [1.82, 2.24) is 20.5 Å². The molecule has 2 N–H and O–H groups in total. The van der Waals surface area contributed by atoms with Crippen LogP contribution in [0.15, 0.2) is 59.7 Å². The first-order valence-corrected chi connectivity index (χ1v) is 8.89. The van der Waals surface area contributed by atoms with Crippen LogP contribution in [0.1, 0.15) is 24.6 Å². The minimum absolute atomic E-state index is 0.0990. The molecule has 0 aliphatic heterocycles. The molecule has 0 fully saturated rings. The lowest BCUT2D eigenvalue weighted by molar-refractivity contribution is -0.130. The van der Waals surface area contributed by atoms with Gasteiger partial charge in [-0.05, 0) is 24.6 Å². The SMILES string of the molecule is CCNC(=NCc1ccccn1)NCCC(=O)N(C)Cc1ccccc1. The van der Waals surface area contributed by atoms with Crippen molar-refractivity contribution in [2.75, 3.05) is 20.1 Å². The van der Waals surface area contributed by atoms with E-state index in [2.05, 4.69) is 20.6 Å². The number of hydrogen-bond acceptors (Lipinski definition) is 3. The minimum atomic E-state index is 0.0990. The lowest BCUT2D eigenvalue weighted by Crippen LogP contribution is -2.39. The Morgan fingerprint density at radius 1 is 1.12 bits per heavy atom. The first-order chi connectivity index (χ1) is 12.7. The van der Waals surface area contributed by atoms with E-state index in [1.54, 1.807) is 11.1 Å². The molecule has 0 saturated heterocycles. The summed E-state index contributed by atoms with van der Waals surface area (Å²) in [5.41, 5.74) is 2.03. The van der Waals surface area contributed by atoms with E-state index in [4.69, 9.17) is 0 Å². The zero-order valence-corrected chi connectivity index (χ0v) is 15.5. The zero-order valence-electron chi connectivity index (χ0n) is 15.5. The molecule has 1 amide bonds. The van der Waals surface area contributed by atoms with Gasteiger partial charge in [0.15, 0.2) is 5.96 Å². The maximum absolute atomic E-state index is 12.3. The zero-order chi connectivity index (χ0) is 18.6. The van der Waals surface area contributed by atoms with Crippen LogP contribution in [0.2, 0.25) is 0 Å². The molecule has 1 heterocycles. The molecule has 0 aliphatic carbocycles. The highest BCUT2D eigenvalue weighted by Crippen LogP contribution is 2.03. The first-order valence-electron chi connectivity index (χ1n) is 8.89. The van der Waals surface area contributed by atoms with Crippen LogP contribution in [0.3, 0.4) is 0 Å². The average Bonchev–Trinajstić information content (AvgIpc) is 2.67. The summed E-state index contributed by atoms with van der Waals surface area (Å²) < 4.78 is 0. The van der Waals surface area contributed by atoms with Crippen LogP contribution in [0.5, 0.6) is 0 Å². The Morgan fingerprint density at radius 3 is 2.58 bits per heavy atom. The Balaban J connectivity index is 1.78. The fourth-order valence-corrected chi connectivity index (χ4v) is 2.42. The van der Waals surface area contributed by atoms with Crippen molar-refractivity contribution < 1.29 is 4.79 Å². The molecule has 0 saturated carbocycles. The molecule has 2 aromatic rings. The maximum atomic E-state index is 12.3. The number of carbonyl (C=O) groups is 1. The van der Waals surface area contributed by atoms with Gasteiger partial charge in [0.1, 0.15) is 0 Å². The summed E-state index contributed by atoms with van der Waals surface area (Å²) in [5, 5.41) is 6.39. The fourth-order valence-electron chi connectivity index (χ4n) is 2.42. The fraction of sp³-hybridized carbons (Fsp3) is 0.350. The number of guanidine groups is 1. The highest BCUT2D eigenvalue weighted by Gasteiger charge is 2.09. The van der Waals surface area contributed by atoms with E-state index < -0.39 is 0 Å². The lowest BCUT2D eigenvalue weighted by Gasteiger charge is -2.18. The molecule has 0 unspecified atom stereocenters. The Labute approximate surface area is 155 Å². The molecule has 0 spiro atoms. The van der Waals surface area contributed by atoms with Gasteiger partial charge in [-0.1, -0.05) is 36.4 Å². The van der Waals surface area contributed by atoms with Crippen LogP contribution in [0.25, 0.3) is 0 Å². The van der Waals surface area contributed by atoms with Gasteiger partial charge in [-0.2, -0.15) is 0 Å². The summed E-state index contributed by atoms with van der Waals surface area (Å²) in [4.78, 5) is 22.8. The second-order valence-corrected chi connectivity index (χ2v) is 5.93. The summed E-state index contributed by atoms with van der Waals surface area (Å²) in [6.07, 6.45) is 2.17. The summed E-state index contributed by atoms with van der Waals surface area (Å²) >= 11 is 0. The van der Waals surface area contributed by atoms with E-state index in [9.17, 15) is 4.79 Å². The van der Waals surface area contributed by atoms with Gasteiger partial charge >= 0.3 is 0 Å². The molecular weight excluding hydrogens is 326 g/mol. The van der Waals surface area contributed by atoms with Gasteiger partial charge in [-0.25, -0.2) is 4.99 Å². The van der Waals surface area contributed by atoms with Crippen LogP contribution >= 0.6 is 0 Å². The molecule has 0 bridgehead atoms. The van der Waals surface area contributed by atoms with Crippen molar-refractivity contribution in [2.45, 2.75) is 26.4 Å². The molecule has 1 aromatic heterocycles. The summed E-state index contributed by atoms with van der Waals surface area (Å²) in [6.45, 7) is 4.42. The van der Waals surface area contributed by atoms with Crippen molar-refractivity contribution in [2.24, 2.45) is 4.99 Å². The Morgan fingerprint density at radius 2 is 1.88 bits per heavy atom. The first kappa shape index (κ1) is 19.4. The third-order valence-corrected chi connectivity index (χ3v) is 3.79. The molecule has 138 valence electrons. The standard InChI is InChI=1S/C20H27N5O/c1-3-21-20(24-15-18-11-7-8-13-22-18)23-14-12-19(26)25(2)16-17-9-5-4-6-10-17/h4-11,13H,3,12,14-16H2,1-2H3,(H2,21,23,24). The summed E-state index contributed by atoms with van der Waals surface area (Å²) in [7, 11) is 1.83. The van der Waals surface area contributed by atoms with Crippen LogP contribution in [-0.4, -0.2) is 41.9 Å². The number of benzene rings is 1.